The van der Waals surface area contributed by atoms with Gasteiger partial charge in [-0.3, -0.25) is 9.59 Å². The van der Waals surface area contributed by atoms with Crippen LogP contribution in [0.25, 0.3) is 0 Å². The molecular weight excluding hydrogens is 336 g/mol. The van der Waals surface area contributed by atoms with Crippen LogP contribution in [0.5, 0.6) is 0 Å². The molecule has 3 saturated heterocycles. The molecule has 4 aliphatic rings. The van der Waals surface area contributed by atoms with Crippen LogP contribution in [0.1, 0.15) is 18.6 Å². The van der Waals surface area contributed by atoms with Crippen molar-refractivity contribution in [2.75, 3.05) is 26.3 Å². The van der Waals surface area contributed by atoms with Gasteiger partial charge < -0.3 is 24.1 Å². The molecule has 0 bridgehead atoms. The van der Waals surface area contributed by atoms with Crippen LogP contribution in [0, 0.1) is 23.7 Å². The molecule has 7 nitrogen and oxygen atoms in total. The third kappa shape index (κ3) is 2.83. The molecule has 1 aromatic rings. The molecule has 1 aliphatic carbocycles. The fourth-order valence-corrected chi connectivity index (χ4v) is 4.82. The molecule has 2 amide bonds. The number of nitrogens with zero attached hydrogens (tertiary/aromatic N) is 1. The molecule has 7 heteroatoms. The van der Waals surface area contributed by atoms with Gasteiger partial charge in [-0.25, -0.2) is 0 Å². The first kappa shape index (κ1) is 16.3. The Labute approximate surface area is 152 Å². The van der Waals surface area contributed by atoms with Gasteiger partial charge in [-0.2, -0.15) is 0 Å². The van der Waals surface area contributed by atoms with Crippen LogP contribution in [0.4, 0.5) is 0 Å². The first-order valence-corrected chi connectivity index (χ1v) is 9.53. The summed E-state index contributed by atoms with van der Waals surface area (Å²) in [6.07, 6.45) is 2.79. The smallest absolute Gasteiger partial charge is 0.249 e. The highest BCUT2D eigenvalue weighted by Gasteiger charge is 2.59. The third-order valence-corrected chi connectivity index (χ3v) is 6.41. The molecule has 140 valence electrons. The summed E-state index contributed by atoms with van der Waals surface area (Å²) in [7, 11) is 0. The number of furan rings is 1. The number of hydrogen-bond acceptors (Lipinski definition) is 5. The van der Waals surface area contributed by atoms with E-state index >= 15 is 0 Å². The minimum atomic E-state index is -0.427. The molecule has 1 saturated carbocycles. The number of likely N-dealkylation sites (tertiary alicyclic amines) is 1. The SMILES string of the molecule is O=C(NCc1ccco1)[C@@H]1C[C@@H]2CCN(C(=O)C3[C@H]4COC[C@@H]34)C[C@H]2O1. The molecule has 1 unspecified atom stereocenters. The van der Waals surface area contributed by atoms with Gasteiger partial charge >= 0.3 is 0 Å². The van der Waals surface area contributed by atoms with Gasteiger partial charge in [0.1, 0.15) is 11.9 Å². The molecule has 0 spiro atoms. The van der Waals surface area contributed by atoms with Crippen LogP contribution >= 0.6 is 0 Å². The van der Waals surface area contributed by atoms with Gasteiger partial charge in [-0.1, -0.05) is 0 Å². The van der Waals surface area contributed by atoms with Crippen LogP contribution in [-0.2, 0) is 25.6 Å². The van der Waals surface area contributed by atoms with Crippen LogP contribution in [-0.4, -0.2) is 55.2 Å². The van der Waals surface area contributed by atoms with E-state index in [-0.39, 0.29) is 23.8 Å². The van der Waals surface area contributed by atoms with E-state index in [4.69, 9.17) is 13.9 Å². The maximum atomic E-state index is 12.7. The third-order valence-electron chi connectivity index (χ3n) is 6.41. The largest absolute Gasteiger partial charge is 0.467 e. The van der Waals surface area contributed by atoms with E-state index in [0.29, 0.717) is 30.8 Å². The molecule has 6 atom stereocenters. The summed E-state index contributed by atoms with van der Waals surface area (Å²) in [6, 6.07) is 3.63. The molecule has 26 heavy (non-hydrogen) atoms. The predicted molar refractivity (Wildman–Crippen MR) is 89.8 cm³/mol. The summed E-state index contributed by atoms with van der Waals surface area (Å²) in [6.45, 7) is 3.23. The van der Waals surface area contributed by atoms with Crippen molar-refractivity contribution in [1.82, 2.24) is 10.2 Å². The van der Waals surface area contributed by atoms with Gasteiger partial charge in [0.25, 0.3) is 0 Å². The predicted octanol–water partition coefficient (Wildman–Crippen LogP) is 0.794. The molecule has 5 rings (SSSR count). The number of amides is 2. The maximum Gasteiger partial charge on any atom is 0.249 e. The average molecular weight is 360 g/mol. The molecule has 0 radical (unpaired) electrons. The summed E-state index contributed by atoms with van der Waals surface area (Å²) in [4.78, 5) is 27.1. The van der Waals surface area contributed by atoms with Crippen molar-refractivity contribution in [3.63, 3.8) is 0 Å². The number of ether oxygens (including phenoxy) is 2. The Morgan fingerprint density at radius 2 is 2.12 bits per heavy atom. The lowest BCUT2D eigenvalue weighted by atomic mass is 9.91. The highest BCUT2D eigenvalue weighted by Crippen LogP contribution is 2.52. The number of hydrogen-bond donors (Lipinski definition) is 1. The van der Waals surface area contributed by atoms with E-state index in [9.17, 15) is 9.59 Å². The number of nitrogens with one attached hydrogen (secondary N) is 1. The lowest BCUT2D eigenvalue weighted by molar-refractivity contribution is -0.140. The van der Waals surface area contributed by atoms with E-state index < -0.39 is 6.10 Å². The van der Waals surface area contributed by atoms with Crippen LogP contribution < -0.4 is 5.32 Å². The number of fused-ring (bicyclic) bond motifs is 2. The summed E-state index contributed by atoms with van der Waals surface area (Å²) in [5.41, 5.74) is 0. The highest BCUT2D eigenvalue weighted by atomic mass is 16.5. The van der Waals surface area contributed by atoms with Crippen molar-refractivity contribution in [2.45, 2.75) is 31.6 Å². The number of piperidine rings is 1. The standard InChI is InChI=1S/C19H24N2O5/c22-18(20-7-12-2-1-5-25-12)15-6-11-3-4-21(8-16(11)26-15)19(23)17-13-9-24-10-14(13)17/h1-2,5,11,13-17H,3-4,6-10H2,(H,20,22)/t11-,13-,14+,15-,16+,17?/m0/s1. The quantitative estimate of drug-likeness (QED) is 0.859. The van der Waals surface area contributed by atoms with Gasteiger partial charge in [0.05, 0.1) is 32.1 Å². The van der Waals surface area contributed by atoms with E-state index in [0.717, 1.165) is 38.4 Å². The number of carbonyl (C=O) groups excluding carboxylic acids is 2. The molecule has 1 aromatic heterocycles. The molecule has 4 heterocycles. The molecule has 0 aromatic carbocycles. The van der Waals surface area contributed by atoms with E-state index in [1.807, 2.05) is 11.0 Å². The zero-order chi connectivity index (χ0) is 17.7. The minimum absolute atomic E-state index is 0.0260. The summed E-state index contributed by atoms with van der Waals surface area (Å²) in [5.74, 6) is 2.28. The normalized spacial score (nSPS) is 37.9. The van der Waals surface area contributed by atoms with Gasteiger partial charge in [0.15, 0.2) is 0 Å². The van der Waals surface area contributed by atoms with E-state index in [1.165, 1.54) is 0 Å². The Hall–Kier alpha value is -1.86. The summed E-state index contributed by atoms with van der Waals surface area (Å²) < 4.78 is 16.6. The summed E-state index contributed by atoms with van der Waals surface area (Å²) in [5, 5.41) is 2.87. The Morgan fingerprint density at radius 1 is 1.27 bits per heavy atom. The van der Waals surface area contributed by atoms with Crippen LogP contribution in [0.15, 0.2) is 22.8 Å². The zero-order valence-electron chi connectivity index (χ0n) is 14.6. The highest BCUT2D eigenvalue weighted by molar-refractivity contribution is 5.83. The monoisotopic (exact) mass is 360 g/mol. The topological polar surface area (TPSA) is 81.0 Å². The van der Waals surface area contributed by atoms with Gasteiger partial charge in [-0.15, -0.1) is 0 Å². The second kappa shape index (κ2) is 6.39. The average Bonchev–Trinajstić information content (AvgIpc) is 3.15. The fraction of sp³-hybridized carbons (Fsp3) is 0.684. The van der Waals surface area contributed by atoms with Crippen LogP contribution in [0.3, 0.4) is 0 Å². The van der Waals surface area contributed by atoms with E-state index in [1.54, 1.807) is 12.3 Å². The number of rotatable bonds is 4. The molecule has 3 aliphatic heterocycles. The molecule has 4 fully saturated rings. The van der Waals surface area contributed by atoms with Crippen molar-refractivity contribution in [1.29, 1.82) is 0 Å². The zero-order valence-corrected chi connectivity index (χ0v) is 14.6. The fourth-order valence-electron chi connectivity index (χ4n) is 4.82. The van der Waals surface area contributed by atoms with Gasteiger partial charge in [0.2, 0.25) is 11.8 Å². The van der Waals surface area contributed by atoms with Crippen LogP contribution in [0.2, 0.25) is 0 Å². The Morgan fingerprint density at radius 3 is 2.88 bits per heavy atom. The number of carbonyl (C=O) groups is 2. The second-order valence-electron chi connectivity index (χ2n) is 7.92. The Kier molecular flexibility index (Phi) is 4.01. The van der Waals surface area contributed by atoms with Gasteiger partial charge in [0, 0.05) is 19.0 Å². The Balaban J connectivity index is 1.14. The first-order valence-electron chi connectivity index (χ1n) is 9.53. The lowest BCUT2D eigenvalue weighted by Gasteiger charge is -2.34. The van der Waals surface area contributed by atoms with Crippen molar-refractivity contribution < 1.29 is 23.5 Å². The molecular formula is C19H24N2O5. The second-order valence-corrected chi connectivity index (χ2v) is 7.92. The van der Waals surface area contributed by atoms with Crippen molar-refractivity contribution in [3.8, 4) is 0 Å². The minimum Gasteiger partial charge on any atom is -0.467 e. The first-order chi connectivity index (χ1) is 12.7. The molecule has 1 N–H and O–H groups in total. The van der Waals surface area contributed by atoms with Gasteiger partial charge in [-0.05, 0) is 42.7 Å². The van der Waals surface area contributed by atoms with Crippen molar-refractivity contribution in [2.24, 2.45) is 23.7 Å². The van der Waals surface area contributed by atoms with Crippen molar-refractivity contribution in [3.05, 3.63) is 24.2 Å². The van der Waals surface area contributed by atoms with E-state index in [2.05, 4.69) is 5.32 Å². The van der Waals surface area contributed by atoms with Crippen molar-refractivity contribution >= 4 is 11.8 Å². The lowest BCUT2D eigenvalue weighted by Crippen LogP contribution is -2.46. The Bertz CT molecular complexity index is 680. The summed E-state index contributed by atoms with van der Waals surface area (Å²) >= 11 is 0. The maximum absolute atomic E-state index is 12.7.